The number of aromatic hydroxyl groups is 2. The molecule has 1 atom stereocenters. The summed E-state index contributed by atoms with van der Waals surface area (Å²) in [7, 11) is 0. The van der Waals surface area contributed by atoms with Crippen molar-refractivity contribution in [2.24, 2.45) is 5.73 Å². The molecule has 17 heavy (non-hydrogen) atoms. The quantitative estimate of drug-likeness (QED) is 0.438. The van der Waals surface area contributed by atoms with E-state index in [9.17, 15) is 20.3 Å². The Labute approximate surface area is 105 Å². The minimum Gasteiger partial charge on any atom is -0.504 e. The van der Waals surface area contributed by atoms with Gasteiger partial charge in [-0.3, -0.25) is 10.1 Å². The highest BCUT2D eigenvalue weighted by atomic mass is 35.5. The number of phenolic OH excluding ortho intramolecular Hbond substituents is 2. The monoisotopic (exact) mass is 262 g/mol. The Morgan fingerprint density at radius 1 is 1.47 bits per heavy atom. The van der Waals surface area contributed by atoms with E-state index < -0.39 is 22.1 Å². The molecule has 0 aliphatic heterocycles. The predicted octanol–water partition coefficient (Wildman–Crippen LogP) is 2.23. The minimum absolute atomic E-state index is 0. The second-order valence-corrected chi connectivity index (χ2v) is 3.56. The topological polar surface area (TPSA) is 110 Å². The van der Waals surface area contributed by atoms with Gasteiger partial charge in [0.1, 0.15) is 0 Å². The van der Waals surface area contributed by atoms with Gasteiger partial charge in [-0.05, 0) is 18.1 Å². The Balaban J connectivity index is 0.00000256. The molecule has 0 aliphatic carbocycles. The third-order valence-electron chi connectivity index (χ3n) is 2.32. The summed E-state index contributed by atoms with van der Waals surface area (Å²) >= 11 is 0. The van der Waals surface area contributed by atoms with Gasteiger partial charge in [0, 0.05) is 12.1 Å². The molecule has 0 fully saturated rings. The number of nitro benzene ring substituents is 1. The van der Waals surface area contributed by atoms with Crippen LogP contribution in [0.3, 0.4) is 0 Å². The molecule has 6 nitrogen and oxygen atoms in total. The molecule has 0 radical (unpaired) electrons. The maximum absolute atomic E-state index is 10.6. The molecule has 1 rings (SSSR count). The van der Waals surface area contributed by atoms with Crippen LogP contribution < -0.4 is 5.73 Å². The Morgan fingerprint density at radius 2 is 2.06 bits per heavy atom. The number of hydrogen-bond acceptors (Lipinski definition) is 5. The average molecular weight is 263 g/mol. The van der Waals surface area contributed by atoms with Gasteiger partial charge in [-0.15, -0.1) is 12.4 Å². The lowest BCUT2D eigenvalue weighted by Crippen LogP contribution is -2.10. The number of benzene rings is 1. The van der Waals surface area contributed by atoms with Crippen molar-refractivity contribution in [1.82, 2.24) is 0 Å². The Kier molecular flexibility index (Phi) is 5.70. The zero-order chi connectivity index (χ0) is 12.3. The smallest absolute Gasteiger partial charge is 0.314 e. The van der Waals surface area contributed by atoms with E-state index in [1.807, 2.05) is 6.92 Å². The molecule has 0 saturated carbocycles. The average Bonchev–Trinajstić information content (AvgIpc) is 2.21. The summed E-state index contributed by atoms with van der Waals surface area (Å²) < 4.78 is 0. The third kappa shape index (κ3) is 3.47. The normalized spacial score (nSPS) is 11.6. The van der Waals surface area contributed by atoms with Crippen LogP contribution in [0.5, 0.6) is 11.5 Å². The summed E-state index contributed by atoms with van der Waals surface area (Å²) in [6.45, 7) is 1.94. The molecule has 0 heterocycles. The van der Waals surface area contributed by atoms with Crippen molar-refractivity contribution in [2.75, 3.05) is 0 Å². The summed E-state index contributed by atoms with van der Waals surface area (Å²) in [5.41, 5.74) is 5.70. The minimum atomic E-state index is -0.753. The molecule has 1 aromatic carbocycles. The van der Waals surface area contributed by atoms with E-state index in [-0.39, 0.29) is 18.4 Å². The van der Waals surface area contributed by atoms with Crippen molar-refractivity contribution in [3.05, 3.63) is 27.8 Å². The fourth-order valence-corrected chi connectivity index (χ4v) is 1.46. The highest BCUT2D eigenvalue weighted by Gasteiger charge is 2.20. The first-order valence-corrected chi connectivity index (χ1v) is 4.93. The molecule has 0 aliphatic rings. The van der Waals surface area contributed by atoms with Crippen LogP contribution in [0.15, 0.2) is 12.1 Å². The summed E-state index contributed by atoms with van der Waals surface area (Å²) in [6.07, 6.45) is 1.48. The lowest BCUT2D eigenvalue weighted by atomic mass is 10.0. The number of phenols is 2. The van der Waals surface area contributed by atoms with Gasteiger partial charge in [0.05, 0.1) is 4.92 Å². The lowest BCUT2D eigenvalue weighted by Gasteiger charge is -2.11. The van der Waals surface area contributed by atoms with Crippen LogP contribution in [0.2, 0.25) is 0 Å². The van der Waals surface area contributed by atoms with Gasteiger partial charge in [0.15, 0.2) is 5.75 Å². The van der Waals surface area contributed by atoms with E-state index in [2.05, 4.69) is 0 Å². The van der Waals surface area contributed by atoms with Crippen LogP contribution in [-0.4, -0.2) is 15.1 Å². The number of halogens is 1. The van der Waals surface area contributed by atoms with Crippen LogP contribution in [-0.2, 0) is 0 Å². The van der Waals surface area contributed by atoms with E-state index in [4.69, 9.17) is 5.73 Å². The van der Waals surface area contributed by atoms with Crippen molar-refractivity contribution in [1.29, 1.82) is 0 Å². The summed E-state index contributed by atoms with van der Waals surface area (Å²) in [5, 5.41) is 29.2. The van der Waals surface area contributed by atoms with Crippen molar-refractivity contribution < 1.29 is 15.1 Å². The van der Waals surface area contributed by atoms with Crippen molar-refractivity contribution in [3.8, 4) is 11.5 Å². The van der Waals surface area contributed by atoms with Gasteiger partial charge in [-0.2, -0.15) is 0 Å². The molecule has 0 saturated heterocycles. The van der Waals surface area contributed by atoms with Crippen LogP contribution in [0.25, 0.3) is 0 Å². The van der Waals surface area contributed by atoms with Crippen LogP contribution in [0.4, 0.5) is 5.69 Å². The first-order chi connectivity index (χ1) is 7.47. The SMILES string of the molecule is CCC[C@H](N)c1cc(O)c(O)c([N+](=O)[O-])c1.Cl. The Hall–Kier alpha value is -1.53. The second kappa shape index (κ2) is 6.27. The molecular formula is C10H15ClN2O4. The van der Waals surface area contributed by atoms with Crippen LogP contribution in [0, 0.1) is 10.1 Å². The molecule has 4 N–H and O–H groups in total. The first-order valence-electron chi connectivity index (χ1n) is 4.93. The van der Waals surface area contributed by atoms with Crippen LogP contribution in [0.1, 0.15) is 31.4 Å². The van der Waals surface area contributed by atoms with Gasteiger partial charge >= 0.3 is 5.69 Å². The third-order valence-corrected chi connectivity index (χ3v) is 2.32. The largest absolute Gasteiger partial charge is 0.504 e. The number of nitrogens with zero attached hydrogens (tertiary/aromatic N) is 1. The highest BCUT2D eigenvalue weighted by Crippen LogP contribution is 2.37. The Morgan fingerprint density at radius 3 is 2.53 bits per heavy atom. The van der Waals surface area contributed by atoms with E-state index in [1.165, 1.54) is 12.1 Å². The van der Waals surface area contributed by atoms with E-state index in [0.717, 1.165) is 6.42 Å². The second-order valence-electron chi connectivity index (χ2n) is 3.56. The number of nitro groups is 1. The molecule has 0 spiro atoms. The predicted molar refractivity (Wildman–Crippen MR) is 65.5 cm³/mol. The Bertz CT molecular complexity index is 412. The van der Waals surface area contributed by atoms with Crippen molar-refractivity contribution >= 4 is 18.1 Å². The summed E-state index contributed by atoms with van der Waals surface area (Å²) in [4.78, 5) is 9.85. The summed E-state index contributed by atoms with van der Waals surface area (Å²) in [6, 6.07) is 2.06. The highest BCUT2D eigenvalue weighted by molar-refractivity contribution is 5.85. The fraction of sp³-hybridized carbons (Fsp3) is 0.400. The number of rotatable bonds is 4. The molecule has 0 aromatic heterocycles. The molecule has 96 valence electrons. The number of nitrogens with two attached hydrogens (primary N) is 1. The van der Waals surface area contributed by atoms with Crippen LogP contribution >= 0.6 is 12.4 Å². The zero-order valence-corrected chi connectivity index (χ0v) is 10.1. The maximum Gasteiger partial charge on any atom is 0.314 e. The zero-order valence-electron chi connectivity index (χ0n) is 9.29. The molecule has 0 amide bonds. The molecule has 7 heteroatoms. The number of hydrogen-bond donors (Lipinski definition) is 3. The molecule has 0 unspecified atom stereocenters. The molecule has 1 aromatic rings. The van der Waals surface area contributed by atoms with E-state index in [0.29, 0.717) is 12.0 Å². The van der Waals surface area contributed by atoms with E-state index >= 15 is 0 Å². The van der Waals surface area contributed by atoms with Gasteiger partial charge in [-0.1, -0.05) is 13.3 Å². The van der Waals surface area contributed by atoms with Crippen molar-refractivity contribution in [3.63, 3.8) is 0 Å². The van der Waals surface area contributed by atoms with Gasteiger partial charge in [0.2, 0.25) is 5.75 Å². The van der Waals surface area contributed by atoms with Gasteiger partial charge in [0.25, 0.3) is 0 Å². The fourth-order valence-electron chi connectivity index (χ4n) is 1.46. The van der Waals surface area contributed by atoms with Gasteiger partial charge < -0.3 is 15.9 Å². The standard InChI is InChI=1S/C10H14N2O4.ClH/c1-2-3-7(11)6-4-8(12(15)16)10(14)9(13)5-6;/h4-5,7,13-14H,2-3,11H2,1H3;1H/t7-;/m0./s1. The molecule has 0 bridgehead atoms. The first kappa shape index (κ1) is 15.5. The summed E-state index contributed by atoms with van der Waals surface area (Å²) in [5.74, 6) is -1.24. The van der Waals surface area contributed by atoms with E-state index in [1.54, 1.807) is 0 Å². The molecular weight excluding hydrogens is 248 g/mol. The van der Waals surface area contributed by atoms with Gasteiger partial charge in [-0.25, -0.2) is 0 Å². The maximum atomic E-state index is 10.6. The lowest BCUT2D eigenvalue weighted by molar-refractivity contribution is -0.386. The van der Waals surface area contributed by atoms with Crippen molar-refractivity contribution in [2.45, 2.75) is 25.8 Å².